The first-order chi connectivity index (χ1) is 10.2. The highest BCUT2D eigenvalue weighted by Gasteiger charge is 2.09. The third-order valence-electron chi connectivity index (χ3n) is 3.11. The number of anilines is 1. The van der Waals surface area contributed by atoms with Crippen LogP contribution in [0, 0.1) is 5.82 Å². The van der Waals surface area contributed by atoms with Crippen molar-refractivity contribution >= 4 is 5.69 Å². The topological polar surface area (TPSA) is 55.9 Å². The quantitative estimate of drug-likeness (QED) is 0.783. The Labute approximate surface area is 121 Å². The van der Waals surface area contributed by atoms with Crippen molar-refractivity contribution in [1.82, 2.24) is 14.8 Å². The fourth-order valence-corrected chi connectivity index (χ4v) is 2.18. The van der Waals surface area contributed by atoms with E-state index in [4.69, 9.17) is 4.42 Å². The number of nitrogens with one attached hydrogen (secondary N) is 1. The molecule has 0 aliphatic rings. The zero-order valence-electron chi connectivity index (χ0n) is 11.5. The van der Waals surface area contributed by atoms with E-state index in [9.17, 15) is 4.39 Å². The molecule has 0 aliphatic carbocycles. The highest BCUT2D eigenvalue weighted by atomic mass is 19.1. The summed E-state index contributed by atoms with van der Waals surface area (Å²) in [5.74, 6) is 0.547. The molecule has 2 heterocycles. The van der Waals surface area contributed by atoms with Crippen molar-refractivity contribution < 1.29 is 8.81 Å². The summed E-state index contributed by atoms with van der Waals surface area (Å²) in [5.41, 5.74) is 1.09. The molecule has 1 aromatic carbocycles. The van der Waals surface area contributed by atoms with Gasteiger partial charge in [-0.05, 0) is 37.3 Å². The van der Waals surface area contributed by atoms with E-state index in [2.05, 4.69) is 15.4 Å². The zero-order chi connectivity index (χ0) is 14.7. The average Bonchev–Trinajstić information content (AvgIpc) is 3.11. The fourth-order valence-electron chi connectivity index (χ4n) is 2.18. The lowest BCUT2D eigenvalue weighted by Crippen LogP contribution is -2.18. The molecule has 0 bridgehead atoms. The molecule has 0 amide bonds. The molecule has 0 spiro atoms. The highest BCUT2D eigenvalue weighted by Crippen LogP contribution is 2.18. The Balaban J connectivity index is 1.70. The lowest BCUT2D eigenvalue weighted by molar-refractivity contribution is 0.497. The number of hydrogen-bond acceptors (Lipinski definition) is 4. The summed E-state index contributed by atoms with van der Waals surface area (Å²) in [7, 11) is 0. The van der Waals surface area contributed by atoms with Crippen molar-refractivity contribution in [1.29, 1.82) is 0 Å². The van der Waals surface area contributed by atoms with E-state index >= 15 is 0 Å². The summed E-state index contributed by atoms with van der Waals surface area (Å²) in [6.07, 6.45) is 5.22. The predicted octanol–water partition coefficient (Wildman–Crippen LogP) is 3.04. The van der Waals surface area contributed by atoms with Crippen LogP contribution in [0.25, 0.3) is 5.69 Å². The first-order valence-corrected chi connectivity index (χ1v) is 6.66. The SMILES string of the molecule is CC(Cc1ccco1)Nc1ccc(-n2cncn2)c(F)c1. The minimum Gasteiger partial charge on any atom is -0.469 e. The fraction of sp³-hybridized carbons (Fsp3) is 0.200. The lowest BCUT2D eigenvalue weighted by Gasteiger charge is -2.14. The Morgan fingerprint density at radius 1 is 1.38 bits per heavy atom. The van der Waals surface area contributed by atoms with Crippen LogP contribution < -0.4 is 5.32 Å². The van der Waals surface area contributed by atoms with Crippen LogP contribution in [0.3, 0.4) is 0 Å². The largest absolute Gasteiger partial charge is 0.469 e. The van der Waals surface area contributed by atoms with Gasteiger partial charge in [-0.25, -0.2) is 14.1 Å². The Kier molecular flexibility index (Phi) is 3.68. The van der Waals surface area contributed by atoms with E-state index in [0.29, 0.717) is 5.69 Å². The van der Waals surface area contributed by atoms with Gasteiger partial charge in [0.15, 0.2) is 5.82 Å². The van der Waals surface area contributed by atoms with Crippen LogP contribution in [-0.4, -0.2) is 20.8 Å². The van der Waals surface area contributed by atoms with Gasteiger partial charge < -0.3 is 9.73 Å². The van der Waals surface area contributed by atoms with Gasteiger partial charge in [-0.1, -0.05) is 0 Å². The number of halogens is 1. The molecule has 0 saturated heterocycles. The van der Waals surface area contributed by atoms with E-state index < -0.39 is 0 Å². The van der Waals surface area contributed by atoms with Crippen LogP contribution in [0.15, 0.2) is 53.7 Å². The van der Waals surface area contributed by atoms with E-state index in [1.807, 2.05) is 25.1 Å². The number of furan rings is 1. The number of rotatable bonds is 5. The summed E-state index contributed by atoms with van der Waals surface area (Å²) in [5, 5.41) is 7.17. The van der Waals surface area contributed by atoms with Gasteiger partial charge in [-0.2, -0.15) is 5.10 Å². The van der Waals surface area contributed by atoms with Crippen molar-refractivity contribution in [2.24, 2.45) is 0 Å². The third-order valence-corrected chi connectivity index (χ3v) is 3.11. The van der Waals surface area contributed by atoms with Crippen LogP contribution in [0.1, 0.15) is 12.7 Å². The first kappa shape index (κ1) is 13.4. The first-order valence-electron chi connectivity index (χ1n) is 6.66. The van der Waals surface area contributed by atoms with Crippen LogP contribution in [0.4, 0.5) is 10.1 Å². The standard InChI is InChI=1S/C15H15FN4O/c1-11(7-13-3-2-6-21-13)19-12-4-5-15(14(16)8-12)20-10-17-9-18-20/h2-6,8-11,19H,7H2,1H3. The smallest absolute Gasteiger partial charge is 0.150 e. The molecule has 3 aromatic rings. The molecular weight excluding hydrogens is 271 g/mol. The van der Waals surface area contributed by atoms with Crippen LogP contribution in [0.5, 0.6) is 0 Å². The number of hydrogen-bond donors (Lipinski definition) is 1. The monoisotopic (exact) mass is 286 g/mol. The van der Waals surface area contributed by atoms with Crippen LogP contribution in [0.2, 0.25) is 0 Å². The van der Waals surface area contributed by atoms with Gasteiger partial charge in [0.2, 0.25) is 0 Å². The molecule has 1 N–H and O–H groups in total. The Bertz CT molecular complexity index is 695. The van der Waals surface area contributed by atoms with Gasteiger partial charge in [0.05, 0.1) is 6.26 Å². The number of aromatic nitrogens is 3. The molecule has 21 heavy (non-hydrogen) atoms. The van der Waals surface area contributed by atoms with Crippen molar-refractivity contribution in [2.75, 3.05) is 5.32 Å². The van der Waals surface area contributed by atoms with Gasteiger partial charge in [-0.3, -0.25) is 0 Å². The summed E-state index contributed by atoms with van der Waals surface area (Å²) in [6, 6.07) is 8.86. The van der Waals surface area contributed by atoms with E-state index in [-0.39, 0.29) is 11.9 Å². The average molecular weight is 286 g/mol. The second-order valence-corrected chi connectivity index (χ2v) is 4.84. The Morgan fingerprint density at radius 3 is 2.95 bits per heavy atom. The van der Waals surface area contributed by atoms with Crippen molar-refractivity contribution in [2.45, 2.75) is 19.4 Å². The Morgan fingerprint density at radius 2 is 2.29 bits per heavy atom. The number of nitrogens with zero attached hydrogens (tertiary/aromatic N) is 3. The molecule has 3 rings (SSSR count). The molecule has 0 fully saturated rings. The molecule has 0 saturated carbocycles. The van der Waals surface area contributed by atoms with E-state index in [1.54, 1.807) is 12.3 Å². The lowest BCUT2D eigenvalue weighted by atomic mass is 10.2. The van der Waals surface area contributed by atoms with Gasteiger partial charge >= 0.3 is 0 Å². The summed E-state index contributed by atoms with van der Waals surface area (Å²) in [4.78, 5) is 3.81. The van der Waals surface area contributed by atoms with Gasteiger partial charge in [0.25, 0.3) is 0 Å². The van der Waals surface area contributed by atoms with Crippen LogP contribution >= 0.6 is 0 Å². The molecule has 6 heteroatoms. The maximum absolute atomic E-state index is 14.1. The summed E-state index contributed by atoms with van der Waals surface area (Å²) < 4.78 is 20.8. The molecule has 2 aromatic heterocycles. The minimum absolute atomic E-state index is 0.132. The van der Waals surface area contributed by atoms with Gasteiger partial charge in [-0.15, -0.1) is 0 Å². The second kappa shape index (κ2) is 5.78. The molecule has 0 aliphatic heterocycles. The maximum Gasteiger partial charge on any atom is 0.150 e. The third kappa shape index (κ3) is 3.10. The van der Waals surface area contributed by atoms with Gasteiger partial charge in [0, 0.05) is 18.2 Å². The van der Waals surface area contributed by atoms with E-state index in [0.717, 1.165) is 17.9 Å². The van der Waals surface area contributed by atoms with Crippen molar-refractivity contribution in [3.63, 3.8) is 0 Å². The van der Waals surface area contributed by atoms with Crippen molar-refractivity contribution in [3.05, 3.63) is 60.8 Å². The summed E-state index contributed by atoms with van der Waals surface area (Å²) in [6.45, 7) is 2.02. The van der Waals surface area contributed by atoms with E-state index in [1.165, 1.54) is 23.4 Å². The van der Waals surface area contributed by atoms with Gasteiger partial charge in [0.1, 0.15) is 24.1 Å². The molecule has 5 nitrogen and oxygen atoms in total. The number of benzene rings is 1. The predicted molar refractivity (Wildman–Crippen MR) is 76.8 cm³/mol. The minimum atomic E-state index is -0.351. The molecule has 1 unspecified atom stereocenters. The molecule has 0 radical (unpaired) electrons. The Hall–Kier alpha value is -2.63. The molecule has 108 valence electrons. The zero-order valence-corrected chi connectivity index (χ0v) is 11.5. The molecule has 1 atom stereocenters. The summed E-state index contributed by atoms with van der Waals surface area (Å²) >= 11 is 0. The maximum atomic E-state index is 14.1. The van der Waals surface area contributed by atoms with Crippen LogP contribution in [-0.2, 0) is 6.42 Å². The highest BCUT2D eigenvalue weighted by molar-refractivity contribution is 5.50. The van der Waals surface area contributed by atoms with Crippen molar-refractivity contribution in [3.8, 4) is 5.69 Å². The second-order valence-electron chi connectivity index (χ2n) is 4.84. The molecular formula is C15H15FN4O. The normalized spacial score (nSPS) is 12.3.